The van der Waals surface area contributed by atoms with Gasteiger partial charge in [0.1, 0.15) is 0 Å². The van der Waals surface area contributed by atoms with Crippen LogP contribution in [-0.4, -0.2) is 9.59 Å². The van der Waals surface area contributed by atoms with Crippen LogP contribution in [-0.2, 0) is 0 Å². The normalized spacial score (nSPS) is 10.6. The summed E-state index contributed by atoms with van der Waals surface area (Å²) in [6.07, 6.45) is 3.86. The summed E-state index contributed by atoms with van der Waals surface area (Å²) < 4.78 is 3.68. The van der Waals surface area contributed by atoms with Crippen LogP contribution in [0.3, 0.4) is 0 Å². The van der Waals surface area contributed by atoms with E-state index in [1.54, 1.807) is 0 Å². The number of nitrogens with zero attached hydrogens (tertiary/aromatic N) is 2. The number of hydrogen-bond acceptors (Lipinski definition) is 3. The van der Waals surface area contributed by atoms with E-state index in [0.717, 1.165) is 5.69 Å². The van der Waals surface area contributed by atoms with Crippen molar-refractivity contribution in [3.05, 3.63) is 17.2 Å². The third kappa shape index (κ3) is 1.13. The Kier molecular flexibility index (Phi) is 1.75. The van der Waals surface area contributed by atoms with Gasteiger partial charge >= 0.3 is 0 Å². The topological polar surface area (TPSA) is 25.8 Å². The van der Waals surface area contributed by atoms with Crippen LogP contribution in [0, 0.1) is 0 Å². The summed E-state index contributed by atoms with van der Waals surface area (Å²) in [5.41, 5.74) is 0.942. The molecule has 0 aliphatic carbocycles. The first-order valence-electron chi connectivity index (χ1n) is 2.33. The maximum Gasteiger partial charge on any atom is 0.0978 e. The van der Waals surface area contributed by atoms with Gasteiger partial charge in [-0.25, -0.2) is 0 Å². The maximum atomic E-state index is 3.79. The Hall–Kier alpha value is -0.700. The van der Waals surface area contributed by atoms with Crippen molar-refractivity contribution in [2.24, 2.45) is 0 Å². The summed E-state index contributed by atoms with van der Waals surface area (Å²) >= 11 is 1.37. The molecule has 0 amide bonds. The molecule has 0 atom stereocenters. The Morgan fingerprint density at radius 2 is 2.62 bits per heavy atom. The lowest BCUT2D eigenvalue weighted by molar-refractivity contribution is 1.14. The van der Waals surface area contributed by atoms with Crippen LogP contribution in [0.4, 0.5) is 0 Å². The molecule has 1 aromatic rings. The van der Waals surface area contributed by atoms with Crippen molar-refractivity contribution in [2.75, 3.05) is 0 Å². The van der Waals surface area contributed by atoms with Gasteiger partial charge in [-0.15, -0.1) is 5.10 Å². The van der Waals surface area contributed by atoms with Gasteiger partial charge in [-0.2, -0.15) is 0 Å². The zero-order valence-corrected chi connectivity index (χ0v) is 5.35. The quantitative estimate of drug-likeness (QED) is 0.570. The molecule has 2 nitrogen and oxygen atoms in total. The molecule has 0 spiro atoms. The van der Waals surface area contributed by atoms with Gasteiger partial charge in [0.15, 0.2) is 0 Å². The lowest BCUT2D eigenvalue weighted by atomic mass is 10.4. The molecule has 0 fully saturated rings. The van der Waals surface area contributed by atoms with E-state index >= 15 is 0 Å². The molecule has 1 heterocycles. The average Bonchev–Trinajstić information content (AvgIpc) is 2.19. The molecular weight excluding hydrogens is 120 g/mol. The molecule has 0 bridgehead atoms. The second-order valence-electron chi connectivity index (χ2n) is 1.33. The highest BCUT2D eigenvalue weighted by atomic mass is 32.1. The summed E-state index contributed by atoms with van der Waals surface area (Å²) in [4.78, 5) is 0. The van der Waals surface area contributed by atoms with Gasteiger partial charge in [0, 0.05) is 5.38 Å². The SMILES string of the molecule is CC=Cc1csnn1. The highest BCUT2D eigenvalue weighted by molar-refractivity contribution is 7.03. The van der Waals surface area contributed by atoms with Gasteiger partial charge in [0.25, 0.3) is 0 Å². The molecule has 0 saturated heterocycles. The smallest absolute Gasteiger partial charge is 0.0978 e. The van der Waals surface area contributed by atoms with E-state index in [-0.39, 0.29) is 0 Å². The first-order chi connectivity index (χ1) is 3.93. The number of allylic oxidation sites excluding steroid dienone is 1. The number of hydrogen-bond donors (Lipinski definition) is 0. The lowest BCUT2D eigenvalue weighted by Gasteiger charge is -1.71. The Morgan fingerprint density at radius 3 is 3.12 bits per heavy atom. The second-order valence-corrected chi connectivity index (χ2v) is 1.94. The highest BCUT2D eigenvalue weighted by Gasteiger charge is 1.83. The Labute approximate surface area is 52.0 Å². The second kappa shape index (κ2) is 2.57. The molecular formula is C5H6N2S. The predicted octanol–water partition coefficient (Wildman–Crippen LogP) is 1.57. The van der Waals surface area contributed by atoms with Gasteiger partial charge in [-0.1, -0.05) is 10.6 Å². The van der Waals surface area contributed by atoms with Crippen LogP contribution in [0.2, 0.25) is 0 Å². The molecule has 0 aliphatic heterocycles. The molecule has 3 heteroatoms. The molecule has 1 aromatic heterocycles. The van der Waals surface area contributed by atoms with E-state index in [2.05, 4.69) is 9.59 Å². The zero-order chi connectivity index (χ0) is 5.82. The van der Waals surface area contributed by atoms with Crippen molar-refractivity contribution in [3.63, 3.8) is 0 Å². The zero-order valence-electron chi connectivity index (χ0n) is 4.53. The van der Waals surface area contributed by atoms with E-state index in [4.69, 9.17) is 0 Å². The van der Waals surface area contributed by atoms with Gasteiger partial charge in [0.2, 0.25) is 0 Å². The van der Waals surface area contributed by atoms with Crippen LogP contribution in [0.25, 0.3) is 6.08 Å². The molecule has 42 valence electrons. The Balaban J connectivity index is 2.77. The van der Waals surface area contributed by atoms with Crippen molar-refractivity contribution < 1.29 is 0 Å². The van der Waals surface area contributed by atoms with E-state index in [1.807, 2.05) is 24.5 Å². The van der Waals surface area contributed by atoms with Crippen LogP contribution in [0.5, 0.6) is 0 Å². The molecule has 0 N–H and O–H groups in total. The van der Waals surface area contributed by atoms with E-state index in [1.165, 1.54) is 11.5 Å². The maximum absolute atomic E-state index is 3.79. The third-order valence-corrected chi connectivity index (χ3v) is 1.24. The van der Waals surface area contributed by atoms with Crippen molar-refractivity contribution in [3.8, 4) is 0 Å². The van der Waals surface area contributed by atoms with Gasteiger partial charge in [-0.3, -0.25) is 0 Å². The number of rotatable bonds is 1. The summed E-state index contributed by atoms with van der Waals surface area (Å²) in [5, 5.41) is 5.69. The van der Waals surface area contributed by atoms with E-state index in [9.17, 15) is 0 Å². The lowest BCUT2D eigenvalue weighted by Crippen LogP contribution is -1.67. The summed E-state index contributed by atoms with van der Waals surface area (Å²) in [6, 6.07) is 0. The van der Waals surface area contributed by atoms with Crippen LogP contribution in [0.15, 0.2) is 11.5 Å². The average molecular weight is 126 g/mol. The Bertz CT molecular complexity index is 167. The number of aromatic nitrogens is 2. The van der Waals surface area contributed by atoms with Crippen molar-refractivity contribution in [2.45, 2.75) is 6.92 Å². The van der Waals surface area contributed by atoms with E-state index < -0.39 is 0 Å². The van der Waals surface area contributed by atoms with E-state index in [0.29, 0.717) is 0 Å². The summed E-state index contributed by atoms with van der Waals surface area (Å²) in [6.45, 7) is 1.96. The van der Waals surface area contributed by atoms with Crippen LogP contribution < -0.4 is 0 Å². The fourth-order valence-electron chi connectivity index (χ4n) is 0.415. The first-order valence-corrected chi connectivity index (χ1v) is 3.17. The molecule has 1 rings (SSSR count). The van der Waals surface area contributed by atoms with Gasteiger partial charge < -0.3 is 0 Å². The van der Waals surface area contributed by atoms with Crippen LogP contribution in [0.1, 0.15) is 12.6 Å². The van der Waals surface area contributed by atoms with Gasteiger partial charge in [-0.05, 0) is 24.5 Å². The monoisotopic (exact) mass is 126 g/mol. The van der Waals surface area contributed by atoms with Crippen LogP contribution >= 0.6 is 11.5 Å². The molecule has 0 aromatic carbocycles. The molecule has 0 radical (unpaired) electrons. The molecule has 0 aliphatic rings. The predicted molar refractivity (Wildman–Crippen MR) is 34.6 cm³/mol. The minimum absolute atomic E-state index is 0.942. The summed E-state index contributed by atoms with van der Waals surface area (Å²) in [5.74, 6) is 0. The van der Waals surface area contributed by atoms with Crippen molar-refractivity contribution in [1.29, 1.82) is 0 Å². The van der Waals surface area contributed by atoms with Crippen molar-refractivity contribution >= 4 is 17.6 Å². The molecule has 0 saturated carbocycles. The fraction of sp³-hybridized carbons (Fsp3) is 0.200. The largest absolute Gasteiger partial charge is 0.139 e. The fourth-order valence-corrected chi connectivity index (χ4v) is 0.837. The summed E-state index contributed by atoms with van der Waals surface area (Å²) in [7, 11) is 0. The Morgan fingerprint density at radius 1 is 1.75 bits per heavy atom. The van der Waals surface area contributed by atoms with Crippen molar-refractivity contribution in [1.82, 2.24) is 9.59 Å². The standard InChI is InChI=1S/C5H6N2S/c1-2-3-5-4-8-7-6-5/h2-4H,1H3. The first kappa shape index (κ1) is 5.44. The minimum Gasteiger partial charge on any atom is -0.139 e. The highest BCUT2D eigenvalue weighted by Crippen LogP contribution is 1.97. The van der Waals surface area contributed by atoms with Gasteiger partial charge in [0.05, 0.1) is 5.69 Å². The molecule has 0 unspecified atom stereocenters. The third-order valence-electron chi connectivity index (χ3n) is 0.714. The molecule has 8 heavy (non-hydrogen) atoms. The minimum atomic E-state index is 0.942.